The summed E-state index contributed by atoms with van der Waals surface area (Å²) < 4.78 is 0. The molecule has 5 nitrogen and oxygen atoms in total. The van der Waals surface area contributed by atoms with Gasteiger partial charge in [-0.15, -0.1) is 5.16 Å². The molecule has 0 unspecified atom stereocenters. The Morgan fingerprint density at radius 1 is 1.88 bits per heavy atom. The van der Waals surface area contributed by atoms with E-state index in [9.17, 15) is 4.79 Å². The lowest BCUT2D eigenvalue weighted by Crippen LogP contribution is -2.22. The fourth-order valence-electron chi connectivity index (χ4n) is 0.174. The van der Waals surface area contributed by atoms with Gasteiger partial charge in [-0.1, -0.05) is 0 Å². The Bertz CT molecular complexity index is 101. The largest absolute Gasteiger partial charge is 0.465 e. The number of nitrogens with one attached hydrogen (secondary N) is 1. The molecule has 0 saturated carbocycles. The van der Waals surface area contributed by atoms with Gasteiger partial charge >= 0.3 is 6.09 Å². The predicted octanol–water partition coefficient (Wildman–Crippen LogP) is -0.286. The molecule has 0 rings (SSSR count). The van der Waals surface area contributed by atoms with E-state index in [1.165, 1.54) is 0 Å². The van der Waals surface area contributed by atoms with E-state index < -0.39 is 6.09 Å². The second-order valence-corrected chi connectivity index (χ2v) is 0.984. The molecule has 0 aromatic heterocycles. The van der Waals surface area contributed by atoms with E-state index >= 15 is 0 Å². The maximum atomic E-state index is 9.62. The molecule has 0 fully saturated rings. The second kappa shape index (κ2) is 3.91. The van der Waals surface area contributed by atoms with Crippen LogP contribution < -0.4 is 5.32 Å². The van der Waals surface area contributed by atoms with E-state index in [1.54, 1.807) is 0 Å². The number of amides is 1. The number of nitrogens with zero attached hydrogens (tertiary/aromatic N) is 1. The van der Waals surface area contributed by atoms with Gasteiger partial charge in [0.1, 0.15) is 0 Å². The minimum absolute atomic E-state index is 0.0336. The van der Waals surface area contributed by atoms with Crippen molar-refractivity contribution in [1.82, 2.24) is 5.32 Å². The van der Waals surface area contributed by atoms with Gasteiger partial charge in [-0.05, 0) is 0 Å². The van der Waals surface area contributed by atoms with Crippen molar-refractivity contribution in [2.75, 3.05) is 6.54 Å². The Morgan fingerprint density at radius 2 is 2.50 bits per heavy atom. The van der Waals surface area contributed by atoms with E-state index in [0.717, 1.165) is 6.21 Å². The topological polar surface area (TPSA) is 81.9 Å². The van der Waals surface area contributed by atoms with Crippen LogP contribution in [-0.2, 0) is 0 Å². The number of oxime groups is 1. The van der Waals surface area contributed by atoms with Gasteiger partial charge < -0.3 is 15.6 Å². The molecule has 0 aliphatic carbocycles. The van der Waals surface area contributed by atoms with Crippen LogP contribution in [0, 0.1) is 0 Å². The van der Waals surface area contributed by atoms with Crippen LogP contribution in [0.5, 0.6) is 0 Å². The molecule has 3 N–H and O–H groups in total. The van der Waals surface area contributed by atoms with Crippen LogP contribution in [0.4, 0.5) is 4.79 Å². The Morgan fingerprint density at radius 3 is 2.88 bits per heavy atom. The molecule has 0 saturated heterocycles. The first kappa shape index (κ1) is 6.74. The summed E-state index contributed by atoms with van der Waals surface area (Å²) in [6, 6.07) is 0. The molecular formula is C3H6N2O3. The van der Waals surface area contributed by atoms with Gasteiger partial charge in [0.05, 0.1) is 12.8 Å². The SMILES string of the molecule is O=C(O)NC/C=N/O. The molecule has 1 amide bonds. The van der Waals surface area contributed by atoms with E-state index in [-0.39, 0.29) is 6.54 Å². The third-order valence-corrected chi connectivity index (χ3v) is 0.426. The van der Waals surface area contributed by atoms with Crippen molar-refractivity contribution in [3.8, 4) is 0 Å². The molecule has 0 spiro atoms. The van der Waals surface area contributed by atoms with E-state index in [4.69, 9.17) is 10.3 Å². The Balaban J connectivity index is 3.05. The lowest BCUT2D eigenvalue weighted by Gasteiger charge is -1.88. The number of hydrogen-bond donors (Lipinski definition) is 3. The van der Waals surface area contributed by atoms with Gasteiger partial charge in [0.15, 0.2) is 0 Å². The summed E-state index contributed by atoms with van der Waals surface area (Å²) >= 11 is 0. The first-order valence-electron chi connectivity index (χ1n) is 1.90. The smallest absolute Gasteiger partial charge is 0.404 e. The van der Waals surface area contributed by atoms with Gasteiger partial charge in [-0.2, -0.15) is 0 Å². The van der Waals surface area contributed by atoms with Gasteiger partial charge in [-0.3, -0.25) is 0 Å². The predicted molar refractivity (Wildman–Crippen MR) is 26.3 cm³/mol. The first-order valence-corrected chi connectivity index (χ1v) is 1.90. The minimum Gasteiger partial charge on any atom is -0.465 e. The Labute approximate surface area is 45.6 Å². The third-order valence-electron chi connectivity index (χ3n) is 0.426. The van der Waals surface area contributed by atoms with E-state index in [0.29, 0.717) is 0 Å². The van der Waals surface area contributed by atoms with Crippen molar-refractivity contribution in [1.29, 1.82) is 0 Å². The molecule has 5 heteroatoms. The first-order chi connectivity index (χ1) is 3.77. The summed E-state index contributed by atoms with van der Waals surface area (Å²) in [6.07, 6.45) is -0.0985. The highest BCUT2D eigenvalue weighted by Crippen LogP contribution is 1.56. The van der Waals surface area contributed by atoms with Crippen LogP contribution in [-0.4, -0.2) is 29.2 Å². The Hall–Kier alpha value is -1.26. The molecular weight excluding hydrogens is 112 g/mol. The molecule has 8 heavy (non-hydrogen) atoms. The summed E-state index contributed by atoms with van der Waals surface area (Å²) in [4.78, 5) is 9.62. The average molecular weight is 118 g/mol. The summed E-state index contributed by atoms with van der Waals surface area (Å²) in [5.74, 6) is 0. The molecule has 0 radical (unpaired) electrons. The van der Waals surface area contributed by atoms with Gasteiger partial charge in [0.25, 0.3) is 0 Å². The second-order valence-electron chi connectivity index (χ2n) is 0.984. The molecule has 0 aliphatic rings. The monoisotopic (exact) mass is 118 g/mol. The highest BCUT2D eigenvalue weighted by atomic mass is 16.4. The van der Waals surface area contributed by atoms with Gasteiger partial charge in [0.2, 0.25) is 0 Å². The average Bonchev–Trinajstić information content (AvgIpc) is 1.66. The quantitative estimate of drug-likeness (QED) is 0.265. The highest BCUT2D eigenvalue weighted by molar-refractivity contribution is 5.70. The van der Waals surface area contributed by atoms with Crippen molar-refractivity contribution < 1.29 is 15.1 Å². The fraction of sp³-hybridized carbons (Fsp3) is 0.333. The zero-order valence-corrected chi connectivity index (χ0v) is 4.03. The summed E-state index contributed by atoms with van der Waals surface area (Å²) in [5.41, 5.74) is 0. The summed E-state index contributed by atoms with van der Waals surface area (Å²) in [6.45, 7) is 0.0336. The van der Waals surface area contributed by atoms with Crippen LogP contribution in [0.15, 0.2) is 5.16 Å². The number of carboxylic acid groups (broad SMARTS) is 1. The molecule has 0 atom stereocenters. The van der Waals surface area contributed by atoms with Crippen molar-refractivity contribution in [2.45, 2.75) is 0 Å². The lowest BCUT2D eigenvalue weighted by molar-refractivity contribution is 0.196. The molecule has 0 aliphatic heterocycles. The third kappa shape index (κ3) is 4.74. The van der Waals surface area contributed by atoms with Crippen LogP contribution in [0.1, 0.15) is 0 Å². The lowest BCUT2D eigenvalue weighted by atomic mass is 10.7. The zero-order chi connectivity index (χ0) is 6.41. The van der Waals surface area contributed by atoms with Crippen molar-refractivity contribution in [3.63, 3.8) is 0 Å². The van der Waals surface area contributed by atoms with Gasteiger partial charge in [-0.25, -0.2) is 4.79 Å². The zero-order valence-electron chi connectivity index (χ0n) is 4.03. The number of rotatable bonds is 2. The van der Waals surface area contributed by atoms with Crippen LogP contribution in [0.25, 0.3) is 0 Å². The molecule has 0 aromatic carbocycles. The van der Waals surface area contributed by atoms with Crippen molar-refractivity contribution in [2.24, 2.45) is 5.16 Å². The molecule has 0 bridgehead atoms. The van der Waals surface area contributed by atoms with Crippen molar-refractivity contribution in [3.05, 3.63) is 0 Å². The standard InChI is InChI=1S/C3H6N2O3/c6-3(7)4-1-2-5-8/h2,4,8H,1H2,(H,6,7)/b5-2+. The molecule has 46 valence electrons. The van der Waals surface area contributed by atoms with Crippen LogP contribution in [0.3, 0.4) is 0 Å². The fourth-order valence-corrected chi connectivity index (χ4v) is 0.174. The summed E-state index contributed by atoms with van der Waals surface area (Å²) in [5, 5.41) is 20.1. The summed E-state index contributed by atoms with van der Waals surface area (Å²) in [7, 11) is 0. The Kier molecular flexibility index (Phi) is 3.30. The highest BCUT2D eigenvalue weighted by Gasteiger charge is 1.86. The normalized spacial score (nSPS) is 9.50. The number of hydrogen-bond acceptors (Lipinski definition) is 3. The molecule has 0 heterocycles. The maximum absolute atomic E-state index is 9.62. The van der Waals surface area contributed by atoms with E-state index in [2.05, 4.69) is 5.16 Å². The maximum Gasteiger partial charge on any atom is 0.404 e. The van der Waals surface area contributed by atoms with Gasteiger partial charge in [0, 0.05) is 0 Å². The van der Waals surface area contributed by atoms with E-state index in [1.807, 2.05) is 5.32 Å². The van der Waals surface area contributed by atoms with Crippen molar-refractivity contribution >= 4 is 12.3 Å². The molecule has 0 aromatic rings. The van der Waals surface area contributed by atoms with Crippen LogP contribution in [0.2, 0.25) is 0 Å². The minimum atomic E-state index is -1.13. The number of carbonyl (C=O) groups is 1. The van der Waals surface area contributed by atoms with Crippen LogP contribution >= 0.6 is 0 Å².